The number of anilines is 1. The molecule has 1 saturated heterocycles. The Balaban J connectivity index is 1.40. The van der Waals surface area contributed by atoms with Crippen molar-refractivity contribution >= 4 is 17.5 Å². The SMILES string of the molecule is Cc1ccc(CNC(=O)C(C)N2CCN(CC(=O)Nc3cccc(F)c3)CC2)cc1. The molecule has 0 saturated carbocycles. The van der Waals surface area contributed by atoms with E-state index in [1.165, 1.54) is 17.7 Å². The lowest BCUT2D eigenvalue weighted by Gasteiger charge is -2.37. The van der Waals surface area contributed by atoms with E-state index >= 15 is 0 Å². The molecule has 0 radical (unpaired) electrons. The van der Waals surface area contributed by atoms with Crippen LogP contribution in [-0.4, -0.2) is 60.4 Å². The second-order valence-electron chi connectivity index (χ2n) is 7.75. The van der Waals surface area contributed by atoms with Crippen LogP contribution in [0.25, 0.3) is 0 Å². The zero-order valence-corrected chi connectivity index (χ0v) is 17.5. The topological polar surface area (TPSA) is 64.7 Å². The number of nitrogens with one attached hydrogen (secondary N) is 2. The number of rotatable bonds is 7. The van der Waals surface area contributed by atoms with Gasteiger partial charge in [0.2, 0.25) is 11.8 Å². The number of hydrogen-bond acceptors (Lipinski definition) is 4. The first-order valence-corrected chi connectivity index (χ1v) is 10.3. The lowest BCUT2D eigenvalue weighted by molar-refractivity contribution is -0.127. The molecule has 2 aromatic carbocycles. The minimum Gasteiger partial charge on any atom is -0.351 e. The van der Waals surface area contributed by atoms with Gasteiger partial charge in [-0.25, -0.2) is 4.39 Å². The van der Waals surface area contributed by atoms with E-state index < -0.39 is 0 Å². The molecule has 6 nitrogen and oxygen atoms in total. The normalized spacial score (nSPS) is 16.1. The van der Waals surface area contributed by atoms with Gasteiger partial charge in [-0.15, -0.1) is 0 Å². The summed E-state index contributed by atoms with van der Waals surface area (Å²) in [7, 11) is 0. The maximum absolute atomic E-state index is 13.2. The van der Waals surface area contributed by atoms with Crippen molar-refractivity contribution in [3.05, 3.63) is 65.5 Å². The summed E-state index contributed by atoms with van der Waals surface area (Å²) in [6, 6.07) is 13.8. The molecule has 0 aliphatic carbocycles. The fourth-order valence-electron chi connectivity index (χ4n) is 3.49. The van der Waals surface area contributed by atoms with Crippen LogP contribution in [0.1, 0.15) is 18.1 Å². The summed E-state index contributed by atoms with van der Waals surface area (Å²) in [6.45, 7) is 7.55. The molecule has 3 rings (SSSR count). The van der Waals surface area contributed by atoms with Crippen molar-refractivity contribution in [2.45, 2.75) is 26.4 Å². The summed E-state index contributed by atoms with van der Waals surface area (Å²) < 4.78 is 13.2. The number of carbonyl (C=O) groups is 2. The fourth-order valence-corrected chi connectivity index (χ4v) is 3.49. The van der Waals surface area contributed by atoms with E-state index in [9.17, 15) is 14.0 Å². The Morgan fingerprint density at radius 2 is 1.77 bits per heavy atom. The molecule has 1 atom stereocenters. The van der Waals surface area contributed by atoms with Crippen LogP contribution >= 0.6 is 0 Å². The average Bonchev–Trinajstić information content (AvgIpc) is 2.73. The van der Waals surface area contributed by atoms with Gasteiger partial charge >= 0.3 is 0 Å². The van der Waals surface area contributed by atoms with Gasteiger partial charge in [0, 0.05) is 38.4 Å². The zero-order chi connectivity index (χ0) is 21.5. The van der Waals surface area contributed by atoms with E-state index in [2.05, 4.69) is 15.5 Å². The molecule has 0 aromatic heterocycles. The van der Waals surface area contributed by atoms with Crippen molar-refractivity contribution in [3.63, 3.8) is 0 Å². The highest BCUT2D eigenvalue weighted by molar-refractivity contribution is 5.92. The molecule has 1 aliphatic rings. The second-order valence-corrected chi connectivity index (χ2v) is 7.75. The Morgan fingerprint density at radius 3 is 2.43 bits per heavy atom. The smallest absolute Gasteiger partial charge is 0.238 e. The third-order valence-electron chi connectivity index (χ3n) is 5.40. The van der Waals surface area contributed by atoms with Crippen molar-refractivity contribution in [1.82, 2.24) is 15.1 Å². The Hall–Kier alpha value is -2.77. The van der Waals surface area contributed by atoms with E-state index in [4.69, 9.17) is 0 Å². The predicted molar refractivity (Wildman–Crippen MR) is 116 cm³/mol. The minimum atomic E-state index is -0.379. The standard InChI is InChI=1S/C23H29FN4O2/c1-17-6-8-19(9-7-17)15-25-23(30)18(2)28-12-10-27(11-13-28)16-22(29)26-21-5-3-4-20(24)14-21/h3-9,14,18H,10-13,15-16H2,1-2H3,(H,25,30)(H,26,29). The van der Waals surface area contributed by atoms with Gasteiger partial charge in [-0.2, -0.15) is 0 Å². The quantitative estimate of drug-likeness (QED) is 0.733. The Bertz CT molecular complexity index is 864. The Morgan fingerprint density at radius 1 is 1.07 bits per heavy atom. The molecule has 1 fully saturated rings. The highest BCUT2D eigenvalue weighted by Gasteiger charge is 2.26. The van der Waals surface area contributed by atoms with Gasteiger partial charge in [0.05, 0.1) is 12.6 Å². The maximum Gasteiger partial charge on any atom is 0.238 e. The molecule has 7 heteroatoms. The van der Waals surface area contributed by atoms with Crippen molar-refractivity contribution in [2.75, 3.05) is 38.0 Å². The lowest BCUT2D eigenvalue weighted by atomic mass is 10.1. The molecule has 160 valence electrons. The van der Waals surface area contributed by atoms with Crippen molar-refractivity contribution in [2.24, 2.45) is 0 Å². The molecule has 2 aromatic rings. The van der Waals surface area contributed by atoms with Crippen LogP contribution in [-0.2, 0) is 16.1 Å². The summed E-state index contributed by atoms with van der Waals surface area (Å²) in [6.07, 6.45) is 0. The zero-order valence-electron chi connectivity index (χ0n) is 17.5. The van der Waals surface area contributed by atoms with Crippen LogP contribution in [0.2, 0.25) is 0 Å². The second kappa shape index (κ2) is 10.3. The molecule has 1 heterocycles. The number of aryl methyl sites for hydroxylation is 1. The highest BCUT2D eigenvalue weighted by atomic mass is 19.1. The summed E-state index contributed by atoms with van der Waals surface area (Å²) in [5.41, 5.74) is 2.73. The molecule has 0 bridgehead atoms. The number of halogens is 1. The minimum absolute atomic E-state index is 0.00729. The molecular formula is C23H29FN4O2. The fraction of sp³-hybridized carbons (Fsp3) is 0.391. The number of amides is 2. The van der Waals surface area contributed by atoms with Gasteiger partial charge in [-0.3, -0.25) is 19.4 Å². The molecule has 1 unspecified atom stereocenters. The number of nitrogens with zero attached hydrogens (tertiary/aromatic N) is 2. The highest BCUT2D eigenvalue weighted by Crippen LogP contribution is 2.11. The predicted octanol–water partition coefficient (Wildman–Crippen LogP) is 2.40. The van der Waals surface area contributed by atoms with Gasteiger partial charge in [0.25, 0.3) is 0 Å². The van der Waals surface area contributed by atoms with Crippen molar-refractivity contribution in [1.29, 1.82) is 0 Å². The van der Waals surface area contributed by atoms with Crippen LogP contribution in [0.4, 0.5) is 10.1 Å². The molecule has 2 N–H and O–H groups in total. The van der Waals surface area contributed by atoms with E-state index in [-0.39, 0.29) is 30.2 Å². The van der Waals surface area contributed by atoms with Crippen LogP contribution < -0.4 is 10.6 Å². The van der Waals surface area contributed by atoms with E-state index in [1.54, 1.807) is 12.1 Å². The molecule has 30 heavy (non-hydrogen) atoms. The summed E-state index contributed by atoms with van der Waals surface area (Å²) in [5, 5.41) is 5.72. The first-order valence-electron chi connectivity index (χ1n) is 10.3. The molecule has 2 amide bonds. The molecule has 1 aliphatic heterocycles. The first-order chi connectivity index (χ1) is 14.4. The van der Waals surface area contributed by atoms with E-state index in [1.807, 2.05) is 43.0 Å². The Kier molecular flexibility index (Phi) is 7.54. The third-order valence-corrected chi connectivity index (χ3v) is 5.40. The van der Waals surface area contributed by atoms with Gasteiger partial charge in [-0.1, -0.05) is 35.9 Å². The molecule has 0 spiro atoms. The van der Waals surface area contributed by atoms with Crippen LogP contribution in [0.5, 0.6) is 0 Å². The van der Waals surface area contributed by atoms with Crippen molar-refractivity contribution < 1.29 is 14.0 Å². The van der Waals surface area contributed by atoms with Crippen LogP contribution in [0.3, 0.4) is 0 Å². The largest absolute Gasteiger partial charge is 0.351 e. The average molecular weight is 413 g/mol. The lowest BCUT2D eigenvalue weighted by Crippen LogP contribution is -2.54. The van der Waals surface area contributed by atoms with Gasteiger partial charge in [0.15, 0.2) is 0 Å². The summed E-state index contributed by atoms with van der Waals surface area (Å²) in [4.78, 5) is 28.9. The third kappa shape index (κ3) is 6.37. The first kappa shape index (κ1) is 21.9. The number of benzene rings is 2. The van der Waals surface area contributed by atoms with E-state index in [0.717, 1.165) is 5.56 Å². The van der Waals surface area contributed by atoms with Crippen LogP contribution in [0.15, 0.2) is 48.5 Å². The molecular weight excluding hydrogens is 383 g/mol. The number of carbonyl (C=O) groups excluding carboxylic acids is 2. The van der Waals surface area contributed by atoms with Crippen LogP contribution in [0, 0.1) is 12.7 Å². The summed E-state index contributed by atoms with van der Waals surface area (Å²) in [5.74, 6) is -0.540. The Labute approximate surface area is 177 Å². The van der Waals surface area contributed by atoms with Gasteiger partial charge < -0.3 is 10.6 Å². The monoisotopic (exact) mass is 412 g/mol. The maximum atomic E-state index is 13.2. The van der Waals surface area contributed by atoms with Crippen molar-refractivity contribution in [3.8, 4) is 0 Å². The summed E-state index contributed by atoms with van der Waals surface area (Å²) >= 11 is 0. The van der Waals surface area contributed by atoms with E-state index in [0.29, 0.717) is 38.4 Å². The number of piperazine rings is 1. The van der Waals surface area contributed by atoms with Gasteiger partial charge in [-0.05, 0) is 37.6 Å². The van der Waals surface area contributed by atoms with Gasteiger partial charge in [0.1, 0.15) is 5.82 Å². The number of hydrogen-bond donors (Lipinski definition) is 2.